The molecule has 2 aromatic rings. The molecule has 2 aromatic heterocycles. The number of aryl methyl sites for hydroxylation is 2. The van der Waals surface area contributed by atoms with Gasteiger partial charge in [-0.2, -0.15) is 5.10 Å². The number of rotatable bonds is 3. The maximum atomic E-state index is 10.8. The minimum Gasteiger partial charge on any atom is -0.477 e. The van der Waals surface area contributed by atoms with Crippen LogP contribution in [0.15, 0.2) is 28.4 Å². The Morgan fingerprint density at radius 3 is 2.72 bits per heavy atom. The molecule has 0 saturated carbocycles. The van der Waals surface area contributed by atoms with Crippen molar-refractivity contribution in [3.05, 3.63) is 35.4 Å². The summed E-state index contributed by atoms with van der Waals surface area (Å²) in [7, 11) is 0. The van der Waals surface area contributed by atoms with Crippen LogP contribution in [0, 0.1) is 13.8 Å². The Kier molecular flexibility index (Phi) is 3.52. The second-order valence-corrected chi connectivity index (χ2v) is 4.59. The van der Waals surface area contributed by atoms with Crippen molar-refractivity contribution in [2.75, 3.05) is 0 Å². The molecule has 18 heavy (non-hydrogen) atoms. The van der Waals surface area contributed by atoms with Gasteiger partial charge >= 0.3 is 5.97 Å². The number of carboxylic acids is 1. The smallest absolute Gasteiger partial charge is 0.354 e. The summed E-state index contributed by atoms with van der Waals surface area (Å²) in [6.45, 7) is 3.68. The van der Waals surface area contributed by atoms with Gasteiger partial charge in [-0.05, 0) is 37.7 Å². The third kappa shape index (κ3) is 2.80. The molecule has 0 fully saturated rings. The summed E-state index contributed by atoms with van der Waals surface area (Å²) in [5.41, 5.74) is 1.58. The summed E-state index contributed by atoms with van der Waals surface area (Å²) in [6, 6.07) is 3.18. The first-order chi connectivity index (χ1) is 8.56. The molecule has 1 N–H and O–H groups in total. The van der Waals surface area contributed by atoms with Crippen molar-refractivity contribution in [1.82, 2.24) is 20.2 Å². The molecule has 0 radical (unpaired) electrons. The van der Waals surface area contributed by atoms with Crippen molar-refractivity contribution in [2.45, 2.75) is 23.9 Å². The number of hydrogen-bond donors (Lipinski definition) is 1. The van der Waals surface area contributed by atoms with E-state index >= 15 is 0 Å². The Labute approximate surface area is 108 Å². The van der Waals surface area contributed by atoms with Crippen molar-refractivity contribution < 1.29 is 9.90 Å². The summed E-state index contributed by atoms with van der Waals surface area (Å²) < 4.78 is 0. The Hall–Kier alpha value is -2.02. The van der Waals surface area contributed by atoms with Crippen molar-refractivity contribution in [3.63, 3.8) is 0 Å². The van der Waals surface area contributed by atoms with E-state index < -0.39 is 5.97 Å². The molecule has 0 spiro atoms. The molecule has 0 aliphatic carbocycles. The van der Waals surface area contributed by atoms with E-state index in [0.29, 0.717) is 10.1 Å². The number of aromatic carboxylic acids is 1. The molecular weight excluding hydrogens is 252 g/mol. The van der Waals surface area contributed by atoms with E-state index in [-0.39, 0.29) is 5.69 Å². The molecule has 0 amide bonds. The maximum Gasteiger partial charge on any atom is 0.354 e. The van der Waals surface area contributed by atoms with Crippen molar-refractivity contribution in [2.24, 2.45) is 0 Å². The Balaban J connectivity index is 2.25. The lowest BCUT2D eigenvalue weighted by Gasteiger charge is -2.02. The molecule has 7 heteroatoms. The Bertz CT molecular complexity index is 603. The quantitative estimate of drug-likeness (QED) is 0.900. The fourth-order valence-corrected chi connectivity index (χ4v) is 1.95. The van der Waals surface area contributed by atoms with Crippen molar-refractivity contribution in [3.8, 4) is 0 Å². The monoisotopic (exact) mass is 262 g/mol. The van der Waals surface area contributed by atoms with Crippen LogP contribution in [-0.2, 0) is 0 Å². The predicted molar refractivity (Wildman–Crippen MR) is 64.6 cm³/mol. The van der Waals surface area contributed by atoms with Gasteiger partial charge in [0.1, 0.15) is 5.69 Å². The molecule has 0 unspecified atom stereocenters. The number of carboxylic acid groups (broad SMARTS) is 1. The summed E-state index contributed by atoms with van der Waals surface area (Å²) in [5.74, 6) is -1.06. The molecule has 2 heterocycles. The lowest BCUT2D eigenvalue weighted by molar-refractivity contribution is 0.0690. The minimum atomic E-state index is -1.06. The van der Waals surface area contributed by atoms with Gasteiger partial charge in [0.25, 0.3) is 0 Å². The van der Waals surface area contributed by atoms with Gasteiger partial charge in [-0.15, -0.1) is 5.10 Å². The van der Waals surface area contributed by atoms with Crippen LogP contribution in [0.5, 0.6) is 0 Å². The van der Waals surface area contributed by atoms with E-state index in [1.165, 1.54) is 24.0 Å². The topological polar surface area (TPSA) is 88.9 Å². The van der Waals surface area contributed by atoms with Crippen molar-refractivity contribution >= 4 is 17.7 Å². The first kappa shape index (κ1) is 12.4. The second kappa shape index (κ2) is 5.09. The zero-order chi connectivity index (χ0) is 13.1. The normalized spacial score (nSPS) is 10.3. The SMILES string of the molecule is Cc1nnc(Sc2ccnc(C(=O)O)c2)nc1C. The van der Waals surface area contributed by atoms with Gasteiger partial charge in [-0.1, -0.05) is 0 Å². The fourth-order valence-electron chi connectivity index (χ4n) is 1.18. The van der Waals surface area contributed by atoms with E-state index in [1.54, 1.807) is 6.07 Å². The molecule has 0 bridgehead atoms. The lowest BCUT2D eigenvalue weighted by atomic mass is 10.3. The second-order valence-electron chi connectivity index (χ2n) is 3.55. The molecule has 0 aromatic carbocycles. The number of nitrogens with zero attached hydrogens (tertiary/aromatic N) is 4. The van der Waals surface area contributed by atoms with Gasteiger partial charge in [0.05, 0.1) is 11.4 Å². The van der Waals surface area contributed by atoms with E-state index in [0.717, 1.165) is 11.4 Å². The lowest BCUT2D eigenvalue weighted by Crippen LogP contribution is -2.00. The molecule has 0 atom stereocenters. The largest absolute Gasteiger partial charge is 0.477 e. The molecule has 2 rings (SSSR count). The predicted octanol–water partition coefficient (Wildman–Crippen LogP) is 1.73. The molecular formula is C11H10N4O2S. The third-order valence-corrected chi connectivity index (χ3v) is 3.08. The van der Waals surface area contributed by atoms with Crippen LogP contribution in [0.4, 0.5) is 0 Å². The van der Waals surface area contributed by atoms with Crippen LogP contribution < -0.4 is 0 Å². The molecule has 6 nitrogen and oxygen atoms in total. The summed E-state index contributed by atoms with van der Waals surface area (Å²) >= 11 is 1.25. The van der Waals surface area contributed by atoms with Crippen LogP contribution in [0.1, 0.15) is 21.9 Å². The van der Waals surface area contributed by atoms with Crippen LogP contribution >= 0.6 is 11.8 Å². The van der Waals surface area contributed by atoms with Gasteiger partial charge in [-0.25, -0.2) is 14.8 Å². The molecule has 0 saturated heterocycles. The van der Waals surface area contributed by atoms with E-state index in [4.69, 9.17) is 5.11 Å². The highest BCUT2D eigenvalue weighted by atomic mass is 32.2. The molecule has 0 aliphatic heterocycles. The number of carbonyl (C=O) groups is 1. The van der Waals surface area contributed by atoms with Crippen LogP contribution in [0.25, 0.3) is 0 Å². The van der Waals surface area contributed by atoms with Gasteiger partial charge in [0.2, 0.25) is 5.16 Å². The average Bonchev–Trinajstić information content (AvgIpc) is 2.34. The molecule has 0 aliphatic rings. The van der Waals surface area contributed by atoms with E-state index in [9.17, 15) is 4.79 Å². The number of aromatic nitrogens is 4. The fraction of sp³-hybridized carbons (Fsp3) is 0.182. The average molecular weight is 262 g/mol. The summed E-state index contributed by atoms with van der Waals surface area (Å²) in [4.78, 5) is 19.5. The number of hydrogen-bond acceptors (Lipinski definition) is 6. The van der Waals surface area contributed by atoms with Gasteiger partial charge in [0.15, 0.2) is 0 Å². The third-order valence-electron chi connectivity index (χ3n) is 2.23. The van der Waals surface area contributed by atoms with Gasteiger partial charge < -0.3 is 5.11 Å². The van der Waals surface area contributed by atoms with Crippen LogP contribution in [0.3, 0.4) is 0 Å². The first-order valence-corrected chi connectivity index (χ1v) is 5.93. The zero-order valence-electron chi connectivity index (χ0n) is 9.78. The summed E-state index contributed by atoms with van der Waals surface area (Å²) in [6.07, 6.45) is 1.44. The Morgan fingerprint density at radius 1 is 1.28 bits per heavy atom. The first-order valence-electron chi connectivity index (χ1n) is 5.11. The zero-order valence-corrected chi connectivity index (χ0v) is 10.6. The van der Waals surface area contributed by atoms with Gasteiger partial charge in [-0.3, -0.25) is 0 Å². The van der Waals surface area contributed by atoms with Gasteiger partial charge in [0, 0.05) is 11.1 Å². The highest BCUT2D eigenvalue weighted by molar-refractivity contribution is 7.99. The highest BCUT2D eigenvalue weighted by Gasteiger charge is 2.08. The highest BCUT2D eigenvalue weighted by Crippen LogP contribution is 2.24. The van der Waals surface area contributed by atoms with Crippen molar-refractivity contribution in [1.29, 1.82) is 0 Å². The van der Waals surface area contributed by atoms with Crippen LogP contribution in [-0.4, -0.2) is 31.2 Å². The van der Waals surface area contributed by atoms with Crippen LogP contribution in [0.2, 0.25) is 0 Å². The number of pyridine rings is 1. The standard InChI is InChI=1S/C11H10N4O2S/c1-6-7(2)14-15-11(13-6)18-8-3-4-12-9(5-8)10(16)17/h3-5H,1-2H3,(H,16,17). The van der Waals surface area contributed by atoms with E-state index in [1.807, 2.05) is 13.8 Å². The molecule has 92 valence electrons. The Morgan fingerprint density at radius 2 is 2.06 bits per heavy atom. The summed E-state index contributed by atoms with van der Waals surface area (Å²) in [5, 5.41) is 17.2. The maximum absolute atomic E-state index is 10.8. The minimum absolute atomic E-state index is 0.00297. The van der Waals surface area contributed by atoms with E-state index in [2.05, 4.69) is 20.2 Å².